The average molecular weight is 137 g/mol. The molecule has 0 aliphatic carbocycles. The number of allylic oxidation sites excluding steroid dienone is 4. The predicted octanol–water partition coefficient (Wildman–Crippen LogP) is 0.456. The molecule has 0 bridgehead atoms. The molecule has 0 spiro atoms. The van der Waals surface area contributed by atoms with E-state index < -0.39 is 5.91 Å². The maximum absolute atomic E-state index is 10.5. The highest BCUT2D eigenvalue weighted by molar-refractivity contribution is 5.90. The number of rotatable bonds is 1. The highest BCUT2D eigenvalue weighted by Gasteiger charge is 2.02. The van der Waals surface area contributed by atoms with Crippen molar-refractivity contribution in [3.8, 4) is 0 Å². The normalized spacial score (nSPS) is 15.4. The van der Waals surface area contributed by atoms with Gasteiger partial charge in [-0.05, 0) is 12.2 Å². The molecule has 0 aromatic carbocycles. The highest BCUT2D eigenvalue weighted by Crippen LogP contribution is 2.01. The second kappa shape index (κ2) is 2.87. The van der Waals surface area contributed by atoms with E-state index in [0.717, 1.165) is 0 Å². The van der Waals surface area contributed by atoms with Gasteiger partial charge in [-0.2, -0.15) is 0 Å². The van der Waals surface area contributed by atoms with Crippen LogP contribution >= 0.6 is 0 Å². The Balaban J connectivity index is 2.78. The minimum Gasteiger partial charge on any atom is -0.459 e. The lowest BCUT2D eigenvalue weighted by Gasteiger charge is -1.96. The average Bonchev–Trinajstić information content (AvgIpc) is 2.12. The number of primary amides is 1. The molecule has 1 amide bonds. The molecule has 3 nitrogen and oxygen atoms in total. The van der Waals surface area contributed by atoms with E-state index >= 15 is 0 Å². The maximum Gasteiger partial charge on any atom is 0.284 e. The van der Waals surface area contributed by atoms with Crippen LogP contribution in [0.15, 0.2) is 36.3 Å². The Hall–Kier alpha value is -1.51. The van der Waals surface area contributed by atoms with E-state index in [9.17, 15) is 4.79 Å². The molecule has 0 unspecified atom stereocenters. The van der Waals surface area contributed by atoms with E-state index in [1.54, 1.807) is 18.2 Å². The Morgan fingerprint density at radius 2 is 2.20 bits per heavy atom. The summed E-state index contributed by atoms with van der Waals surface area (Å²) in [6.45, 7) is 0. The van der Waals surface area contributed by atoms with Crippen LogP contribution in [0.2, 0.25) is 0 Å². The first kappa shape index (κ1) is 6.61. The molecule has 1 heterocycles. The predicted molar refractivity (Wildman–Crippen MR) is 36.6 cm³/mol. The van der Waals surface area contributed by atoms with Crippen molar-refractivity contribution in [3.63, 3.8) is 0 Å². The van der Waals surface area contributed by atoms with Crippen LogP contribution in [0.25, 0.3) is 0 Å². The zero-order valence-corrected chi connectivity index (χ0v) is 5.28. The van der Waals surface area contributed by atoms with Crippen molar-refractivity contribution >= 4 is 5.91 Å². The molecule has 1 aliphatic heterocycles. The second-order valence-electron chi connectivity index (χ2n) is 1.73. The van der Waals surface area contributed by atoms with Crippen molar-refractivity contribution in [2.75, 3.05) is 0 Å². The first-order valence-electron chi connectivity index (χ1n) is 2.80. The van der Waals surface area contributed by atoms with Crippen molar-refractivity contribution in [1.82, 2.24) is 0 Å². The van der Waals surface area contributed by atoms with Gasteiger partial charge in [-0.3, -0.25) is 4.79 Å². The van der Waals surface area contributed by atoms with Crippen molar-refractivity contribution < 1.29 is 9.53 Å². The Morgan fingerprint density at radius 1 is 1.40 bits per heavy atom. The van der Waals surface area contributed by atoms with Crippen molar-refractivity contribution in [3.05, 3.63) is 36.3 Å². The van der Waals surface area contributed by atoms with Crippen molar-refractivity contribution in [1.29, 1.82) is 0 Å². The van der Waals surface area contributed by atoms with Gasteiger partial charge in [0.25, 0.3) is 5.91 Å². The van der Waals surface area contributed by atoms with Crippen LogP contribution in [0, 0.1) is 0 Å². The molecule has 52 valence electrons. The topological polar surface area (TPSA) is 52.3 Å². The summed E-state index contributed by atoms with van der Waals surface area (Å²) in [5.41, 5.74) is 4.94. The third kappa shape index (κ3) is 1.48. The summed E-state index contributed by atoms with van der Waals surface area (Å²) < 4.78 is 4.81. The highest BCUT2D eigenvalue weighted by atomic mass is 16.5. The molecule has 0 atom stereocenters. The minimum atomic E-state index is -0.559. The summed E-state index contributed by atoms with van der Waals surface area (Å²) >= 11 is 0. The lowest BCUT2D eigenvalue weighted by atomic mass is 10.4. The van der Waals surface area contributed by atoms with Crippen LogP contribution in [-0.4, -0.2) is 5.91 Å². The van der Waals surface area contributed by atoms with Crippen LogP contribution in [0.1, 0.15) is 0 Å². The SMILES string of the molecule is NC(=O)C1=CC=CC=CO1. The van der Waals surface area contributed by atoms with Gasteiger partial charge in [0.1, 0.15) is 0 Å². The number of carbonyl (C=O) groups excluding carboxylic acids is 1. The van der Waals surface area contributed by atoms with Gasteiger partial charge in [-0.25, -0.2) is 0 Å². The van der Waals surface area contributed by atoms with Crippen LogP contribution < -0.4 is 5.73 Å². The van der Waals surface area contributed by atoms with Crippen LogP contribution in [0.3, 0.4) is 0 Å². The van der Waals surface area contributed by atoms with E-state index in [1.165, 1.54) is 12.3 Å². The number of hydrogen-bond donors (Lipinski definition) is 1. The van der Waals surface area contributed by atoms with E-state index in [2.05, 4.69) is 0 Å². The Kier molecular flexibility index (Phi) is 1.89. The molecule has 1 aliphatic rings. The first-order chi connectivity index (χ1) is 4.80. The number of nitrogens with two attached hydrogens (primary N) is 1. The molecule has 10 heavy (non-hydrogen) atoms. The lowest BCUT2D eigenvalue weighted by Crippen LogP contribution is -2.14. The van der Waals surface area contributed by atoms with Gasteiger partial charge in [0, 0.05) is 0 Å². The molecule has 0 aromatic rings. The van der Waals surface area contributed by atoms with Gasteiger partial charge in [0.15, 0.2) is 5.76 Å². The third-order valence-corrected chi connectivity index (χ3v) is 0.986. The summed E-state index contributed by atoms with van der Waals surface area (Å²) in [6.07, 6.45) is 8.02. The fourth-order valence-corrected chi connectivity index (χ4v) is 0.545. The third-order valence-electron chi connectivity index (χ3n) is 0.986. The van der Waals surface area contributed by atoms with Gasteiger partial charge in [-0.1, -0.05) is 12.2 Å². The maximum atomic E-state index is 10.5. The van der Waals surface area contributed by atoms with Crippen molar-refractivity contribution in [2.45, 2.75) is 0 Å². The van der Waals surface area contributed by atoms with Gasteiger partial charge < -0.3 is 10.5 Å². The lowest BCUT2D eigenvalue weighted by molar-refractivity contribution is -0.117. The van der Waals surface area contributed by atoms with E-state index in [4.69, 9.17) is 10.5 Å². The minimum absolute atomic E-state index is 0.157. The van der Waals surface area contributed by atoms with Gasteiger partial charge >= 0.3 is 0 Å². The zero-order valence-electron chi connectivity index (χ0n) is 5.28. The monoisotopic (exact) mass is 137 g/mol. The molecular formula is C7H7NO2. The molecule has 0 saturated carbocycles. The molecule has 0 saturated heterocycles. The van der Waals surface area contributed by atoms with Crippen LogP contribution in [0.4, 0.5) is 0 Å². The summed E-state index contributed by atoms with van der Waals surface area (Å²) in [4.78, 5) is 10.5. The Morgan fingerprint density at radius 3 is 2.90 bits per heavy atom. The summed E-state index contributed by atoms with van der Waals surface area (Å²) in [5.74, 6) is -0.402. The number of ether oxygens (including phenoxy) is 1. The fourth-order valence-electron chi connectivity index (χ4n) is 0.545. The molecule has 1 rings (SSSR count). The standard InChI is InChI=1S/C7H7NO2/c8-7(9)6-4-2-1-3-5-10-6/h1-5H,(H2,8,9). The number of carbonyl (C=O) groups is 1. The van der Waals surface area contributed by atoms with Gasteiger partial charge in [0.2, 0.25) is 0 Å². The van der Waals surface area contributed by atoms with Crippen LogP contribution in [0.5, 0.6) is 0 Å². The quantitative estimate of drug-likeness (QED) is 0.570. The zero-order chi connectivity index (χ0) is 7.40. The number of hydrogen-bond acceptors (Lipinski definition) is 2. The number of amides is 1. The van der Waals surface area contributed by atoms with Crippen molar-refractivity contribution in [2.24, 2.45) is 5.73 Å². The Bertz CT molecular complexity index is 226. The van der Waals surface area contributed by atoms with E-state index in [-0.39, 0.29) is 5.76 Å². The molecule has 0 fully saturated rings. The summed E-state index contributed by atoms with van der Waals surface area (Å²) in [7, 11) is 0. The molecule has 2 N–H and O–H groups in total. The largest absolute Gasteiger partial charge is 0.459 e. The van der Waals surface area contributed by atoms with Crippen LogP contribution in [-0.2, 0) is 9.53 Å². The van der Waals surface area contributed by atoms with E-state index in [1.807, 2.05) is 0 Å². The smallest absolute Gasteiger partial charge is 0.284 e. The summed E-state index contributed by atoms with van der Waals surface area (Å²) in [5, 5.41) is 0. The molecule has 0 aromatic heterocycles. The molecule has 3 heteroatoms. The van der Waals surface area contributed by atoms with E-state index in [0.29, 0.717) is 0 Å². The molecule has 0 radical (unpaired) electrons. The van der Waals surface area contributed by atoms with Gasteiger partial charge in [-0.15, -0.1) is 0 Å². The van der Waals surface area contributed by atoms with Gasteiger partial charge in [0.05, 0.1) is 6.26 Å². The Labute approximate surface area is 58.5 Å². The molecular weight excluding hydrogens is 130 g/mol. The summed E-state index contributed by atoms with van der Waals surface area (Å²) in [6, 6.07) is 0. The fraction of sp³-hybridized carbons (Fsp3) is 0. The second-order valence-corrected chi connectivity index (χ2v) is 1.73. The first-order valence-corrected chi connectivity index (χ1v) is 2.80.